The van der Waals surface area contributed by atoms with Crippen molar-refractivity contribution >= 4 is 33.1 Å². The van der Waals surface area contributed by atoms with E-state index in [1.54, 1.807) is 0 Å². The molecule has 0 spiro atoms. The molecule has 1 aromatic carbocycles. The van der Waals surface area contributed by atoms with Gasteiger partial charge in [-0.25, -0.2) is 4.98 Å². The Kier molecular flexibility index (Phi) is 2.09. The second kappa shape index (κ2) is 3.40. The van der Waals surface area contributed by atoms with Crippen molar-refractivity contribution in [2.24, 2.45) is 0 Å². The molecular formula is C8H7N3OS. The summed E-state index contributed by atoms with van der Waals surface area (Å²) >= 11 is 1.49. The van der Waals surface area contributed by atoms with Crippen molar-refractivity contribution in [3.05, 3.63) is 24.3 Å². The minimum absolute atomic E-state index is 0.575. The molecule has 0 aliphatic rings. The van der Waals surface area contributed by atoms with E-state index in [2.05, 4.69) is 15.8 Å². The normalized spacial score (nSPS) is 9.85. The number of aromatic nitrogens is 1. The van der Waals surface area contributed by atoms with E-state index >= 15 is 0 Å². The van der Waals surface area contributed by atoms with Crippen LogP contribution < -0.4 is 10.9 Å². The molecule has 66 valence electrons. The Hall–Kier alpha value is -1.62. The molecule has 0 radical (unpaired) electrons. The monoisotopic (exact) mass is 193 g/mol. The van der Waals surface area contributed by atoms with Crippen LogP contribution in [-0.2, 0) is 4.79 Å². The van der Waals surface area contributed by atoms with Gasteiger partial charge in [0, 0.05) is 0 Å². The number of thiazole rings is 1. The lowest BCUT2D eigenvalue weighted by Gasteiger charge is -1.94. The number of hydrazine groups is 1. The van der Waals surface area contributed by atoms with Gasteiger partial charge in [-0.05, 0) is 12.1 Å². The highest BCUT2D eigenvalue weighted by atomic mass is 32.1. The zero-order chi connectivity index (χ0) is 9.10. The smallest absolute Gasteiger partial charge is 0.225 e. The fourth-order valence-electron chi connectivity index (χ4n) is 1.02. The van der Waals surface area contributed by atoms with Gasteiger partial charge >= 0.3 is 0 Å². The highest BCUT2D eigenvalue weighted by molar-refractivity contribution is 7.22. The summed E-state index contributed by atoms with van der Waals surface area (Å²) in [5, 5.41) is 0.688. The van der Waals surface area contributed by atoms with Gasteiger partial charge in [0.15, 0.2) is 0 Å². The Morgan fingerprint density at radius 1 is 1.38 bits per heavy atom. The van der Waals surface area contributed by atoms with E-state index in [9.17, 15) is 4.79 Å². The van der Waals surface area contributed by atoms with Crippen molar-refractivity contribution in [3.63, 3.8) is 0 Å². The predicted molar refractivity (Wildman–Crippen MR) is 52.4 cm³/mol. The van der Waals surface area contributed by atoms with Gasteiger partial charge in [-0.15, -0.1) is 0 Å². The molecule has 1 amide bonds. The first kappa shape index (κ1) is 8.00. The van der Waals surface area contributed by atoms with Crippen LogP contribution in [0.4, 0.5) is 5.13 Å². The van der Waals surface area contributed by atoms with Crippen LogP contribution in [0.2, 0.25) is 0 Å². The molecule has 0 bridgehead atoms. The summed E-state index contributed by atoms with van der Waals surface area (Å²) in [6.07, 6.45) is 0.575. The molecule has 0 saturated heterocycles. The molecule has 0 unspecified atom stereocenters. The molecule has 2 N–H and O–H groups in total. The predicted octanol–water partition coefficient (Wildman–Crippen LogP) is 1.37. The van der Waals surface area contributed by atoms with Gasteiger partial charge < -0.3 is 0 Å². The average molecular weight is 193 g/mol. The number of carbonyl (C=O) groups is 1. The first-order valence-electron chi connectivity index (χ1n) is 3.71. The van der Waals surface area contributed by atoms with Crippen LogP contribution in [0.25, 0.3) is 10.2 Å². The van der Waals surface area contributed by atoms with E-state index in [-0.39, 0.29) is 0 Å². The number of para-hydroxylation sites is 1. The van der Waals surface area contributed by atoms with Crippen molar-refractivity contribution in [1.29, 1.82) is 0 Å². The van der Waals surface area contributed by atoms with E-state index in [1.807, 2.05) is 24.3 Å². The van der Waals surface area contributed by atoms with Gasteiger partial charge in [-0.2, -0.15) is 0 Å². The van der Waals surface area contributed by atoms with E-state index < -0.39 is 0 Å². The van der Waals surface area contributed by atoms with E-state index in [0.29, 0.717) is 11.5 Å². The molecule has 0 aliphatic heterocycles. The molecule has 1 heterocycles. The maximum atomic E-state index is 10.00. The molecule has 0 fully saturated rings. The van der Waals surface area contributed by atoms with Crippen molar-refractivity contribution in [3.8, 4) is 0 Å². The first-order valence-corrected chi connectivity index (χ1v) is 4.52. The summed E-state index contributed by atoms with van der Waals surface area (Å²) in [4.78, 5) is 14.2. The topological polar surface area (TPSA) is 54.0 Å². The van der Waals surface area contributed by atoms with E-state index in [1.165, 1.54) is 11.3 Å². The summed E-state index contributed by atoms with van der Waals surface area (Å²) < 4.78 is 1.10. The Morgan fingerprint density at radius 2 is 2.23 bits per heavy atom. The lowest BCUT2D eigenvalue weighted by Crippen LogP contribution is -2.18. The number of fused-ring (bicyclic) bond motifs is 1. The molecule has 0 atom stereocenters. The summed E-state index contributed by atoms with van der Waals surface area (Å²) in [5.41, 5.74) is 5.95. The molecule has 0 aliphatic carbocycles. The van der Waals surface area contributed by atoms with Gasteiger partial charge in [0.1, 0.15) is 0 Å². The van der Waals surface area contributed by atoms with Gasteiger partial charge in [0.25, 0.3) is 0 Å². The number of nitrogens with zero attached hydrogens (tertiary/aromatic N) is 1. The third-order valence-electron chi connectivity index (χ3n) is 1.53. The number of amides is 1. The average Bonchev–Trinajstić information content (AvgIpc) is 2.57. The molecule has 0 saturated carbocycles. The second-order valence-corrected chi connectivity index (χ2v) is 3.40. The summed E-state index contributed by atoms with van der Waals surface area (Å²) in [6.45, 7) is 0. The van der Waals surface area contributed by atoms with Crippen LogP contribution in [-0.4, -0.2) is 11.4 Å². The molecule has 4 nitrogen and oxygen atoms in total. The maximum absolute atomic E-state index is 10.00. The number of hydrogen-bond donors (Lipinski definition) is 2. The first-order chi connectivity index (χ1) is 6.40. The zero-order valence-corrected chi connectivity index (χ0v) is 7.47. The number of benzene rings is 1. The Morgan fingerprint density at radius 3 is 3.00 bits per heavy atom. The summed E-state index contributed by atoms with van der Waals surface area (Å²) in [5.74, 6) is 0. The number of nitrogens with one attached hydrogen (secondary N) is 2. The summed E-state index contributed by atoms with van der Waals surface area (Å²) in [6, 6.07) is 7.80. The maximum Gasteiger partial charge on any atom is 0.225 e. The van der Waals surface area contributed by atoms with Crippen LogP contribution >= 0.6 is 11.3 Å². The number of hydrogen-bond acceptors (Lipinski definition) is 4. The van der Waals surface area contributed by atoms with Crippen LogP contribution in [0.5, 0.6) is 0 Å². The second-order valence-electron chi connectivity index (χ2n) is 2.37. The highest BCUT2D eigenvalue weighted by Gasteiger charge is 2.00. The van der Waals surface area contributed by atoms with Crippen molar-refractivity contribution < 1.29 is 4.79 Å². The fourth-order valence-corrected chi connectivity index (χ4v) is 1.84. The van der Waals surface area contributed by atoms with Crippen LogP contribution in [0.3, 0.4) is 0 Å². The molecule has 5 heteroatoms. The third kappa shape index (κ3) is 1.59. The Bertz CT molecular complexity index is 393. The van der Waals surface area contributed by atoms with Crippen molar-refractivity contribution in [2.45, 2.75) is 0 Å². The van der Waals surface area contributed by atoms with Crippen molar-refractivity contribution in [2.75, 3.05) is 5.43 Å². The fraction of sp³-hybridized carbons (Fsp3) is 0. The van der Waals surface area contributed by atoms with Crippen molar-refractivity contribution in [1.82, 2.24) is 10.4 Å². The molecule has 13 heavy (non-hydrogen) atoms. The molecule has 2 rings (SSSR count). The molecule has 2 aromatic rings. The zero-order valence-electron chi connectivity index (χ0n) is 6.65. The minimum Gasteiger partial charge on any atom is -0.277 e. The van der Waals surface area contributed by atoms with E-state index in [4.69, 9.17) is 0 Å². The van der Waals surface area contributed by atoms with Gasteiger partial charge in [-0.1, -0.05) is 23.5 Å². The number of anilines is 1. The van der Waals surface area contributed by atoms with Gasteiger partial charge in [0.2, 0.25) is 11.5 Å². The third-order valence-corrected chi connectivity index (χ3v) is 2.48. The Labute approximate surface area is 78.6 Å². The molecule has 1 aromatic heterocycles. The SMILES string of the molecule is O=CNNc1nc2ccccc2s1. The lowest BCUT2D eigenvalue weighted by molar-refractivity contribution is -0.109. The number of carbonyl (C=O) groups excluding carboxylic acids is 1. The lowest BCUT2D eigenvalue weighted by atomic mass is 10.3. The van der Waals surface area contributed by atoms with E-state index in [0.717, 1.165) is 10.2 Å². The van der Waals surface area contributed by atoms with Crippen LogP contribution in [0, 0.1) is 0 Å². The highest BCUT2D eigenvalue weighted by Crippen LogP contribution is 2.24. The van der Waals surface area contributed by atoms with Crippen LogP contribution in [0.1, 0.15) is 0 Å². The van der Waals surface area contributed by atoms with Crippen LogP contribution in [0.15, 0.2) is 24.3 Å². The molecular weight excluding hydrogens is 186 g/mol. The largest absolute Gasteiger partial charge is 0.277 e. The van der Waals surface area contributed by atoms with Gasteiger partial charge in [-0.3, -0.25) is 15.6 Å². The Balaban J connectivity index is 2.32. The standard InChI is InChI=1S/C8H7N3OS/c12-5-9-11-8-10-6-3-1-2-4-7(6)13-8/h1-5H,(H,9,12)(H,10,11). The number of rotatable bonds is 3. The summed E-state index contributed by atoms with van der Waals surface area (Å²) in [7, 11) is 0. The quantitative estimate of drug-likeness (QED) is 0.571. The van der Waals surface area contributed by atoms with Gasteiger partial charge in [0.05, 0.1) is 10.2 Å². The minimum atomic E-state index is 0.575.